The molecule has 2 saturated heterocycles. The van der Waals surface area contributed by atoms with E-state index >= 15 is 0 Å². The van der Waals surface area contributed by atoms with Crippen molar-refractivity contribution >= 4 is 40.6 Å². The number of rotatable bonds is 6. The Morgan fingerprint density at radius 3 is 2.70 bits per heavy atom. The molecule has 196 valence electrons. The van der Waals surface area contributed by atoms with Crippen LogP contribution in [-0.2, 0) is 19.1 Å². The number of thiazole rings is 1. The third-order valence-corrected chi connectivity index (χ3v) is 7.95. The highest BCUT2D eigenvalue weighted by Crippen LogP contribution is 2.38. The molecular formula is C25H27ClFN5O4S. The number of fused-ring (bicyclic) bond motifs is 2. The number of esters is 1. The van der Waals surface area contributed by atoms with E-state index in [9.17, 15) is 14.0 Å². The number of hydrogen-bond acceptors (Lipinski definition) is 9. The minimum atomic E-state index is -0.816. The topological polar surface area (TPSA) is 105 Å². The van der Waals surface area contributed by atoms with Crippen LogP contribution in [0.1, 0.15) is 36.4 Å². The molecule has 12 heteroatoms. The zero-order valence-corrected chi connectivity index (χ0v) is 21.9. The first-order valence-corrected chi connectivity index (χ1v) is 13.2. The van der Waals surface area contributed by atoms with E-state index in [1.54, 1.807) is 12.3 Å². The molecule has 2 bridgehead atoms. The van der Waals surface area contributed by atoms with Crippen molar-refractivity contribution in [1.29, 1.82) is 0 Å². The molecule has 2 fully saturated rings. The number of ether oxygens (including phenoxy) is 2. The Kier molecular flexibility index (Phi) is 7.57. The average molecular weight is 548 g/mol. The van der Waals surface area contributed by atoms with Crippen molar-refractivity contribution in [1.82, 2.24) is 20.5 Å². The fourth-order valence-corrected chi connectivity index (χ4v) is 6.16. The summed E-state index contributed by atoms with van der Waals surface area (Å²) >= 11 is 7.85. The molecule has 1 aromatic heterocycles. The van der Waals surface area contributed by atoms with E-state index in [-0.39, 0.29) is 29.1 Å². The van der Waals surface area contributed by atoms with Crippen molar-refractivity contribution in [2.45, 2.75) is 43.9 Å². The van der Waals surface area contributed by atoms with Gasteiger partial charge in [0, 0.05) is 59.5 Å². The molecule has 5 rings (SSSR count). The van der Waals surface area contributed by atoms with Gasteiger partial charge in [0.1, 0.15) is 11.9 Å². The van der Waals surface area contributed by atoms with Crippen molar-refractivity contribution in [2.24, 2.45) is 4.99 Å². The van der Waals surface area contributed by atoms with Crippen LogP contribution in [0.3, 0.4) is 0 Å². The summed E-state index contributed by atoms with van der Waals surface area (Å²) in [6.07, 6.45) is 3.15. The van der Waals surface area contributed by atoms with Crippen molar-refractivity contribution in [3.05, 3.63) is 62.5 Å². The van der Waals surface area contributed by atoms with E-state index < -0.39 is 17.8 Å². The number of benzene rings is 1. The van der Waals surface area contributed by atoms with Crippen LogP contribution in [-0.4, -0.2) is 72.6 Å². The van der Waals surface area contributed by atoms with E-state index in [2.05, 4.69) is 20.5 Å². The Bertz CT molecular complexity index is 1240. The molecule has 9 nitrogen and oxygen atoms in total. The molecule has 1 aromatic carbocycles. The van der Waals surface area contributed by atoms with Crippen LogP contribution in [0.15, 0.2) is 46.0 Å². The van der Waals surface area contributed by atoms with Gasteiger partial charge in [0.2, 0.25) is 5.91 Å². The molecular weight excluding hydrogens is 521 g/mol. The van der Waals surface area contributed by atoms with Gasteiger partial charge in [0.25, 0.3) is 0 Å². The molecule has 2 N–H and O–H groups in total. The fraction of sp³-hybridized carbons (Fsp3) is 0.440. The van der Waals surface area contributed by atoms with Crippen LogP contribution in [0, 0.1) is 5.82 Å². The van der Waals surface area contributed by atoms with Crippen molar-refractivity contribution in [3.63, 3.8) is 0 Å². The summed E-state index contributed by atoms with van der Waals surface area (Å²) in [4.78, 5) is 36.3. The van der Waals surface area contributed by atoms with E-state index in [1.807, 2.05) is 5.38 Å². The van der Waals surface area contributed by atoms with E-state index in [0.717, 1.165) is 12.8 Å². The van der Waals surface area contributed by atoms with Gasteiger partial charge in [-0.1, -0.05) is 17.7 Å². The number of nitrogens with zero attached hydrogens (tertiary/aromatic N) is 3. The van der Waals surface area contributed by atoms with Gasteiger partial charge in [-0.25, -0.2) is 14.2 Å². The summed E-state index contributed by atoms with van der Waals surface area (Å²) in [5.74, 6) is -0.585. The zero-order chi connectivity index (χ0) is 26.1. The Hall–Kier alpha value is -2.86. The van der Waals surface area contributed by atoms with Gasteiger partial charge >= 0.3 is 5.97 Å². The molecule has 0 aliphatic carbocycles. The monoisotopic (exact) mass is 547 g/mol. The smallest absolute Gasteiger partial charge is 0.338 e. The molecule has 4 heterocycles. The van der Waals surface area contributed by atoms with Crippen LogP contribution in [0.25, 0.3) is 0 Å². The summed E-state index contributed by atoms with van der Waals surface area (Å²) in [5, 5.41) is 9.03. The van der Waals surface area contributed by atoms with Crippen molar-refractivity contribution in [2.75, 3.05) is 26.9 Å². The number of aliphatic imine (C=N–C) groups is 1. The number of carbonyl (C=O) groups excluding carboxylic acids is 2. The second kappa shape index (κ2) is 10.9. The number of amides is 1. The predicted octanol–water partition coefficient (Wildman–Crippen LogP) is 2.82. The van der Waals surface area contributed by atoms with E-state index in [1.165, 1.54) is 37.5 Å². The number of morpholine rings is 1. The highest BCUT2D eigenvalue weighted by molar-refractivity contribution is 7.11. The third-order valence-electron chi connectivity index (χ3n) is 6.84. The number of nitrogens with one attached hydrogen (secondary N) is 2. The Morgan fingerprint density at radius 1 is 1.32 bits per heavy atom. The quantitative estimate of drug-likeness (QED) is 0.536. The molecule has 0 spiro atoms. The molecule has 2 aromatic rings. The molecule has 37 heavy (non-hydrogen) atoms. The zero-order valence-electron chi connectivity index (χ0n) is 20.4. The number of amidine groups is 1. The number of halogens is 2. The largest absolute Gasteiger partial charge is 0.466 e. The molecule has 3 aliphatic rings. The second-order valence-corrected chi connectivity index (χ2v) is 10.6. The highest BCUT2D eigenvalue weighted by Gasteiger charge is 2.42. The van der Waals surface area contributed by atoms with Gasteiger partial charge in [-0.2, -0.15) is 0 Å². The molecule has 1 amide bonds. The SMILES string of the molecule is COC(=O)C1=C(CN2[C@@H]3COC[C@H]2CC(NC(C)=O)C3)NC(c2nccs2)=N[C@H]1c1ccc(F)cc1Cl. The predicted molar refractivity (Wildman–Crippen MR) is 137 cm³/mol. The number of aromatic nitrogens is 1. The first kappa shape index (κ1) is 25.8. The number of methoxy groups -OCH3 is 1. The minimum Gasteiger partial charge on any atom is -0.466 e. The van der Waals surface area contributed by atoms with Crippen LogP contribution in [0.5, 0.6) is 0 Å². The van der Waals surface area contributed by atoms with E-state index in [0.29, 0.717) is 47.4 Å². The van der Waals surface area contributed by atoms with Gasteiger partial charge in [0.15, 0.2) is 10.8 Å². The van der Waals surface area contributed by atoms with Gasteiger partial charge in [-0.3, -0.25) is 14.7 Å². The van der Waals surface area contributed by atoms with Gasteiger partial charge in [0.05, 0.1) is 25.9 Å². The summed E-state index contributed by atoms with van der Waals surface area (Å²) in [6.45, 7) is 2.97. The lowest BCUT2D eigenvalue weighted by molar-refractivity contribution is -0.136. The van der Waals surface area contributed by atoms with E-state index in [4.69, 9.17) is 26.1 Å². The maximum Gasteiger partial charge on any atom is 0.338 e. The molecule has 4 atom stereocenters. The maximum absolute atomic E-state index is 13.9. The van der Waals surface area contributed by atoms with Gasteiger partial charge in [-0.05, 0) is 25.0 Å². The lowest BCUT2D eigenvalue weighted by Gasteiger charge is -2.49. The summed E-state index contributed by atoms with van der Waals surface area (Å²) in [5.41, 5.74) is 1.41. The fourth-order valence-electron chi connectivity index (χ4n) is 5.30. The van der Waals surface area contributed by atoms with Crippen LogP contribution >= 0.6 is 22.9 Å². The van der Waals surface area contributed by atoms with Crippen LogP contribution in [0.2, 0.25) is 5.02 Å². The van der Waals surface area contributed by atoms with Gasteiger partial charge in [-0.15, -0.1) is 11.3 Å². The Balaban J connectivity index is 1.55. The van der Waals surface area contributed by atoms with Gasteiger partial charge < -0.3 is 20.1 Å². The number of piperidine rings is 1. The minimum absolute atomic E-state index is 0.0487. The second-order valence-electron chi connectivity index (χ2n) is 9.28. The molecule has 1 unspecified atom stereocenters. The molecule has 0 radical (unpaired) electrons. The maximum atomic E-state index is 13.9. The summed E-state index contributed by atoms with van der Waals surface area (Å²) < 4.78 is 24.9. The number of carbonyl (C=O) groups is 2. The first-order valence-electron chi connectivity index (χ1n) is 12.0. The highest BCUT2D eigenvalue weighted by atomic mass is 35.5. The first-order chi connectivity index (χ1) is 17.8. The van der Waals surface area contributed by atoms with Crippen molar-refractivity contribution < 1.29 is 23.5 Å². The van der Waals surface area contributed by atoms with Crippen molar-refractivity contribution in [3.8, 4) is 0 Å². The van der Waals surface area contributed by atoms with Crippen LogP contribution < -0.4 is 10.6 Å². The lowest BCUT2D eigenvalue weighted by atomic mass is 9.88. The standard InChI is InChI=1S/C25H27ClFN5O4S/c1-13(33)29-15-8-16-11-36-12-17(9-15)32(16)10-20-21(25(34)35-2)22(18-4-3-14(27)7-19(18)26)31-23(30-20)24-28-5-6-37-24/h3-7,15-17,22H,8-12H2,1-2H3,(H,29,33)(H,30,31)/t15?,16-,17+,22-/m0/s1. The average Bonchev–Trinajstić information content (AvgIpc) is 3.38. The summed E-state index contributed by atoms with van der Waals surface area (Å²) in [6, 6.07) is 3.40. The Morgan fingerprint density at radius 2 is 2.08 bits per heavy atom. The Labute approximate surface area is 222 Å². The number of hydrogen-bond donors (Lipinski definition) is 2. The van der Waals surface area contributed by atoms with Crippen LogP contribution in [0.4, 0.5) is 4.39 Å². The normalized spacial score (nSPS) is 25.8. The molecule has 0 saturated carbocycles. The molecule has 3 aliphatic heterocycles. The third kappa shape index (κ3) is 5.40. The lowest BCUT2D eigenvalue weighted by Crippen LogP contribution is -2.61. The summed E-state index contributed by atoms with van der Waals surface area (Å²) in [7, 11) is 1.32.